The molecule has 4 rings (SSSR count). The second-order valence-electron chi connectivity index (χ2n) is 7.28. The molecule has 0 aromatic heterocycles. The third-order valence-corrected chi connectivity index (χ3v) is 6.23. The van der Waals surface area contributed by atoms with Crippen LogP contribution in [0.3, 0.4) is 0 Å². The van der Waals surface area contributed by atoms with Crippen molar-refractivity contribution < 1.29 is 14.0 Å². The smallest absolute Gasteiger partial charge is 0.264 e. The van der Waals surface area contributed by atoms with Gasteiger partial charge in [0.05, 0.1) is 16.6 Å². The Morgan fingerprint density at radius 2 is 1.77 bits per heavy atom. The van der Waals surface area contributed by atoms with Crippen molar-refractivity contribution in [1.82, 2.24) is 5.32 Å². The molecule has 0 bridgehead atoms. The second-order valence-corrected chi connectivity index (χ2v) is 8.37. The number of carbonyl (C=O) groups excluding carboxylic acids is 2. The molecule has 2 amide bonds. The number of thioether (sulfide) groups is 1. The lowest BCUT2D eigenvalue weighted by Gasteiger charge is -2.27. The third-order valence-electron chi connectivity index (χ3n) is 5.16. The second kappa shape index (κ2) is 8.78. The first-order chi connectivity index (χ1) is 14.9. The van der Waals surface area contributed by atoms with Crippen molar-refractivity contribution in [3.8, 4) is 0 Å². The Balaban J connectivity index is 1.57. The molecule has 1 heterocycles. The minimum atomic E-state index is -0.378. The molecule has 0 spiro atoms. The summed E-state index contributed by atoms with van der Waals surface area (Å²) in [5.41, 5.74) is 2.50. The summed E-state index contributed by atoms with van der Waals surface area (Å²) in [6, 6.07) is 21.2. The van der Waals surface area contributed by atoms with E-state index >= 15 is 0 Å². The zero-order valence-corrected chi connectivity index (χ0v) is 17.9. The lowest BCUT2D eigenvalue weighted by Crippen LogP contribution is -2.31. The summed E-state index contributed by atoms with van der Waals surface area (Å²) < 4.78 is 14.0. The minimum absolute atomic E-state index is 0.145. The van der Waals surface area contributed by atoms with E-state index < -0.39 is 0 Å². The molecule has 1 N–H and O–H groups in total. The lowest BCUT2D eigenvalue weighted by atomic mass is 10.1. The van der Waals surface area contributed by atoms with Crippen LogP contribution in [0.5, 0.6) is 0 Å². The molecule has 31 heavy (non-hydrogen) atoms. The number of amides is 2. The topological polar surface area (TPSA) is 49.4 Å². The van der Waals surface area contributed by atoms with Crippen LogP contribution in [-0.2, 0) is 4.79 Å². The number of benzene rings is 3. The van der Waals surface area contributed by atoms with E-state index in [2.05, 4.69) is 5.32 Å². The lowest BCUT2D eigenvalue weighted by molar-refractivity contribution is -0.114. The van der Waals surface area contributed by atoms with Crippen molar-refractivity contribution in [2.24, 2.45) is 0 Å². The summed E-state index contributed by atoms with van der Waals surface area (Å²) in [4.78, 5) is 28.4. The molecule has 4 nitrogen and oxygen atoms in total. The van der Waals surface area contributed by atoms with Gasteiger partial charge in [0.2, 0.25) is 0 Å². The van der Waals surface area contributed by atoms with Crippen molar-refractivity contribution in [2.45, 2.75) is 17.9 Å². The molecule has 156 valence electrons. The Labute approximate surface area is 184 Å². The molecule has 0 fully saturated rings. The van der Waals surface area contributed by atoms with E-state index in [1.165, 1.54) is 22.7 Å². The molecule has 0 aliphatic carbocycles. The normalized spacial score (nSPS) is 15.5. The number of anilines is 1. The first kappa shape index (κ1) is 20.9. The van der Waals surface area contributed by atoms with Gasteiger partial charge in [-0.3, -0.25) is 9.59 Å². The number of hydrogen-bond acceptors (Lipinski definition) is 3. The molecule has 1 aliphatic rings. The molecule has 3 aromatic rings. The molecular weight excluding hydrogens is 411 g/mol. The zero-order chi connectivity index (χ0) is 22.0. The van der Waals surface area contributed by atoms with Gasteiger partial charge in [0.15, 0.2) is 0 Å². The monoisotopic (exact) mass is 432 g/mol. The van der Waals surface area contributed by atoms with Gasteiger partial charge in [-0.1, -0.05) is 60.3 Å². The van der Waals surface area contributed by atoms with Gasteiger partial charge < -0.3 is 10.2 Å². The number of nitrogens with zero attached hydrogens (tertiary/aromatic N) is 1. The van der Waals surface area contributed by atoms with Crippen molar-refractivity contribution >= 4 is 35.3 Å². The van der Waals surface area contributed by atoms with E-state index in [0.717, 1.165) is 10.5 Å². The Kier molecular flexibility index (Phi) is 5.91. The molecule has 1 atom stereocenters. The van der Waals surface area contributed by atoms with Crippen molar-refractivity contribution in [3.63, 3.8) is 0 Å². The average molecular weight is 433 g/mol. The van der Waals surface area contributed by atoms with E-state index in [4.69, 9.17) is 0 Å². The van der Waals surface area contributed by atoms with Gasteiger partial charge in [-0.25, -0.2) is 4.39 Å². The Morgan fingerprint density at radius 1 is 1.06 bits per heavy atom. The maximum Gasteiger partial charge on any atom is 0.264 e. The molecule has 0 saturated heterocycles. The predicted octanol–water partition coefficient (Wildman–Crippen LogP) is 5.43. The van der Waals surface area contributed by atoms with Crippen LogP contribution in [0.15, 0.2) is 82.6 Å². The number of likely N-dealkylation sites (N-methyl/N-ethyl adjacent to an activating group) is 1. The predicted molar refractivity (Wildman–Crippen MR) is 122 cm³/mol. The minimum Gasteiger partial charge on any atom is -0.346 e. The standard InChI is InChI=1S/C25H21FN2O2S/c1-16(17-8-4-3-5-9-17)27-24(29)19-12-13-22-21(14-19)28(2)25(30)23(31-22)15-18-10-6-7-11-20(18)26/h3-16H,1-2H3,(H,27,29)/b23-15-/t16-/m1/s1. The zero-order valence-electron chi connectivity index (χ0n) is 17.1. The van der Waals surface area contributed by atoms with Crippen LogP contribution in [0.2, 0.25) is 0 Å². The molecule has 0 radical (unpaired) electrons. The highest BCUT2D eigenvalue weighted by Gasteiger charge is 2.27. The van der Waals surface area contributed by atoms with Crippen molar-refractivity contribution in [3.05, 3.63) is 100 Å². The number of fused-ring (bicyclic) bond motifs is 1. The van der Waals surface area contributed by atoms with Gasteiger partial charge in [0.1, 0.15) is 5.82 Å². The summed E-state index contributed by atoms with van der Waals surface area (Å²) in [5, 5.41) is 2.99. The fourth-order valence-electron chi connectivity index (χ4n) is 3.37. The summed E-state index contributed by atoms with van der Waals surface area (Å²) in [6.07, 6.45) is 1.56. The van der Waals surface area contributed by atoms with E-state index in [1.807, 2.05) is 43.3 Å². The van der Waals surface area contributed by atoms with E-state index in [-0.39, 0.29) is 23.7 Å². The quantitative estimate of drug-likeness (QED) is 0.560. The fourth-order valence-corrected chi connectivity index (χ4v) is 4.46. The summed E-state index contributed by atoms with van der Waals surface area (Å²) >= 11 is 1.28. The van der Waals surface area contributed by atoms with Gasteiger partial charge in [0, 0.05) is 23.1 Å². The highest BCUT2D eigenvalue weighted by Crippen LogP contribution is 2.42. The molecule has 1 aliphatic heterocycles. The number of rotatable bonds is 4. The number of nitrogens with one attached hydrogen (secondary N) is 1. The maximum absolute atomic E-state index is 14.0. The number of carbonyl (C=O) groups is 2. The third kappa shape index (κ3) is 4.39. The average Bonchev–Trinajstić information content (AvgIpc) is 2.79. The number of halogens is 1. The molecule has 0 saturated carbocycles. The van der Waals surface area contributed by atoms with Gasteiger partial charge in [0.25, 0.3) is 11.8 Å². The van der Waals surface area contributed by atoms with Gasteiger partial charge in [-0.15, -0.1) is 0 Å². The van der Waals surface area contributed by atoms with Crippen LogP contribution in [0, 0.1) is 5.82 Å². The van der Waals surface area contributed by atoms with Crippen LogP contribution >= 0.6 is 11.8 Å². The fraction of sp³-hybridized carbons (Fsp3) is 0.120. The van der Waals surface area contributed by atoms with Crippen molar-refractivity contribution in [2.75, 3.05) is 11.9 Å². The van der Waals surface area contributed by atoms with E-state index in [0.29, 0.717) is 21.7 Å². The molecular formula is C25H21FN2O2S. The van der Waals surface area contributed by atoms with E-state index in [1.54, 1.807) is 43.5 Å². The van der Waals surface area contributed by atoms with Crippen LogP contribution in [0.4, 0.5) is 10.1 Å². The molecule has 6 heteroatoms. The largest absolute Gasteiger partial charge is 0.346 e. The summed E-state index contributed by atoms with van der Waals surface area (Å²) in [6.45, 7) is 1.93. The summed E-state index contributed by atoms with van der Waals surface area (Å²) in [7, 11) is 1.66. The van der Waals surface area contributed by atoms with Crippen LogP contribution in [0.1, 0.15) is 34.5 Å². The van der Waals surface area contributed by atoms with Gasteiger partial charge in [-0.2, -0.15) is 0 Å². The highest BCUT2D eigenvalue weighted by atomic mass is 32.2. The summed E-state index contributed by atoms with van der Waals surface area (Å²) in [5.74, 6) is -0.829. The molecule has 3 aromatic carbocycles. The van der Waals surface area contributed by atoms with Crippen LogP contribution < -0.4 is 10.2 Å². The van der Waals surface area contributed by atoms with Crippen LogP contribution in [-0.4, -0.2) is 18.9 Å². The van der Waals surface area contributed by atoms with E-state index in [9.17, 15) is 14.0 Å². The van der Waals surface area contributed by atoms with Gasteiger partial charge in [-0.05, 0) is 42.8 Å². The Hall–Kier alpha value is -3.38. The Morgan fingerprint density at radius 3 is 2.52 bits per heavy atom. The maximum atomic E-state index is 14.0. The number of hydrogen-bond donors (Lipinski definition) is 1. The van der Waals surface area contributed by atoms with Crippen LogP contribution in [0.25, 0.3) is 6.08 Å². The van der Waals surface area contributed by atoms with Crippen molar-refractivity contribution in [1.29, 1.82) is 0 Å². The first-order valence-corrected chi connectivity index (χ1v) is 10.7. The Bertz CT molecular complexity index is 1180. The SMILES string of the molecule is C[C@@H](NC(=O)c1ccc2c(c1)N(C)C(=O)/C(=C/c1ccccc1F)S2)c1ccccc1. The highest BCUT2D eigenvalue weighted by molar-refractivity contribution is 8.04. The van der Waals surface area contributed by atoms with Gasteiger partial charge >= 0.3 is 0 Å². The first-order valence-electron chi connectivity index (χ1n) is 9.86. The molecule has 0 unspecified atom stereocenters.